The average molecular weight is 397 g/mol. The van der Waals surface area contributed by atoms with E-state index in [1.54, 1.807) is 24.3 Å². The van der Waals surface area contributed by atoms with Crippen LogP contribution in [0.2, 0.25) is 0 Å². The molecule has 8 heteroatoms. The maximum atomic E-state index is 12.6. The maximum Gasteiger partial charge on any atom is 0.308 e. The third-order valence-electron chi connectivity index (χ3n) is 5.11. The number of ether oxygens (including phenoxy) is 1. The third-order valence-corrected chi connectivity index (χ3v) is 7.12. The first-order valence-electron chi connectivity index (χ1n) is 9.12. The lowest BCUT2D eigenvalue weighted by atomic mass is 9.98. The molecule has 1 saturated carbocycles. The molecule has 1 aromatic carbocycles. The van der Waals surface area contributed by atoms with Gasteiger partial charge in [0, 0.05) is 12.8 Å². The molecule has 1 aromatic rings. The molecule has 1 fully saturated rings. The highest BCUT2D eigenvalue weighted by Gasteiger charge is 2.49. The zero-order valence-corrected chi connectivity index (χ0v) is 16.5. The van der Waals surface area contributed by atoms with E-state index in [0.717, 1.165) is 11.8 Å². The summed E-state index contributed by atoms with van der Waals surface area (Å²) in [6.07, 6.45) is 3.23. The lowest BCUT2D eigenvalue weighted by Crippen LogP contribution is -2.51. The quantitative estimate of drug-likeness (QED) is 0.658. The van der Waals surface area contributed by atoms with Crippen LogP contribution >= 0.6 is 0 Å². The van der Waals surface area contributed by atoms with Crippen LogP contribution in [0.5, 0.6) is 5.75 Å². The Bertz CT molecular complexity index is 766. The molecule has 150 valence electrons. The number of benzene rings is 1. The number of carbonyl (C=O) groups excluding carboxylic acids is 1. The molecule has 1 amide bonds. The summed E-state index contributed by atoms with van der Waals surface area (Å²) in [5, 5.41) is 12.1. The highest BCUT2D eigenvalue weighted by atomic mass is 32.2. The third kappa shape index (κ3) is 5.00. The number of nitrogens with one attached hydrogen (secondary N) is 1. The molecule has 1 aliphatic carbocycles. The topological polar surface area (TPSA) is 110 Å². The zero-order chi connectivity index (χ0) is 20.1. The predicted octanol–water partition coefficient (Wildman–Crippen LogP) is 1.80. The summed E-state index contributed by atoms with van der Waals surface area (Å²) in [5.41, 5.74) is 0.804. The molecular formula is C19H27NO6S. The minimum atomic E-state index is -3.57. The van der Waals surface area contributed by atoms with E-state index in [4.69, 9.17) is 4.74 Å². The summed E-state index contributed by atoms with van der Waals surface area (Å²) in [4.78, 5) is 24.2. The summed E-state index contributed by atoms with van der Waals surface area (Å²) in [7, 11) is -3.57. The van der Waals surface area contributed by atoms with Gasteiger partial charge >= 0.3 is 5.97 Å². The number of carbonyl (C=O) groups is 2. The summed E-state index contributed by atoms with van der Waals surface area (Å²) in [6, 6.07) is 7.12. The van der Waals surface area contributed by atoms with E-state index in [1.807, 2.05) is 6.92 Å². The highest BCUT2D eigenvalue weighted by molar-refractivity contribution is 7.92. The van der Waals surface area contributed by atoms with Gasteiger partial charge in [-0.1, -0.05) is 25.0 Å². The molecule has 0 aliphatic heterocycles. The first-order valence-corrected chi connectivity index (χ1v) is 11.0. The molecule has 1 aliphatic rings. The van der Waals surface area contributed by atoms with Gasteiger partial charge in [-0.25, -0.2) is 8.42 Å². The Morgan fingerprint density at radius 3 is 2.30 bits per heavy atom. The summed E-state index contributed by atoms with van der Waals surface area (Å²) in [5.74, 6) is -1.76. The fourth-order valence-corrected chi connectivity index (χ4v) is 4.95. The molecule has 0 bridgehead atoms. The van der Waals surface area contributed by atoms with Gasteiger partial charge in [-0.3, -0.25) is 9.59 Å². The highest BCUT2D eigenvalue weighted by Crippen LogP contribution is 2.36. The molecule has 0 radical (unpaired) electrons. The van der Waals surface area contributed by atoms with Crippen molar-refractivity contribution in [2.45, 2.75) is 43.8 Å². The predicted molar refractivity (Wildman–Crippen MR) is 101 cm³/mol. The van der Waals surface area contributed by atoms with Crippen LogP contribution < -0.4 is 10.1 Å². The van der Waals surface area contributed by atoms with Crippen LogP contribution in [-0.2, 0) is 25.8 Å². The van der Waals surface area contributed by atoms with Gasteiger partial charge in [-0.15, -0.1) is 0 Å². The van der Waals surface area contributed by atoms with Crippen LogP contribution in [0, 0.1) is 5.92 Å². The monoisotopic (exact) mass is 397 g/mol. The molecule has 0 spiro atoms. The van der Waals surface area contributed by atoms with Crippen molar-refractivity contribution >= 4 is 21.7 Å². The minimum absolute atomic E-state index is 0.112. The van der Waals surface area contributed by atoms with Crippen LogP contribution in [0.15, 0.2) is 24.3 Å². The SMILES string of the molecule is CCOc1ccc(CC(CNC(=O)C2(S(C)(=O)=O)CCCC2)C(=O)O)cc1. The molecule has 2 rings (SSSR count). The number of amides is 1. The normalized spacial score (nSPS) is 17.3. The van der Waals surface area contributed by atoms with Crippen molar-refractivity contribution in [3.63, 3.8) is 0 Å². The molecule has 7 nitrogen and oxygen atoms in total. The van der Waals surface area contributed by atoms with E-state index in [-0.39, 0.29) is 25.8 Å². The number of hydrogen-bond acceptors (Lipinski definition) is 5. The Morgan fingerprint density at radius 2 is 1.81 bits per heavy atom. The van der Waals surface area contributed by atoms with E-state index in [9.17, 15) is 23.1 Å². The first kappa shape index (κ1) is 21.2. The van der Waals surface area contributed by atoms with Crippen molar-refractivity contribution < 1.29 is 27.9 Å². The average Bonchev–Trinajstić information content (AvgIpc) is 3.11. The molecule has 0 aromatic heterocycles. The minimum Gasteiger partial charge on any atom is -0.494 e. The van der Waals surface area contributed by atoms with Gasteiger partial charge in [0.2, 0.25) is 5.91 Å². The summed E-state index contributed by atoms with van der Waals surface area (Å²) >= 11 is 0. The van der Waals surface area contributed by atoms with E-state index < -0.39 is 32.4 Å². The van der Waals surface area contributed by atoms with Gasteiger partial charge in [-0.2, -0.15) is 0 Å². The van der Waals surface area contributed by atoms with Crippen molar-refractivity contribution in [1.82, 2.24) is 5.32 Å². The number of carboxylic acids is 1. The van der Waals surface area contributed by atoms with Gasteiger partial charge < -0.3 is 15.2 Å². The molecule has 1 atom stereocenters. The Labute approximate surface area is 160 Å². The lowest BCUT2D eigenvalue weighted by molar-refractivity contribution is -0.141. The smallest absolute Gasteiger partial charge is 0.308 e. The summed E-state index contributed by atoms with van der Waals surface area (Å²) in [6.45, 7) is 2.31. The number of rotatable bonds is 9. The van der Waals surface area contributed by atoms with Crippen molar-refractivity contribution in [3.8, 4) is 5.75 Å². The van der Waals surface area contributed by atoms with E-state index in [0.29, 0.717) is 25.2 Å². The summed E-state index contributed by atoms with van der Waals surface area (Å²) < 4.78 is 28.3. The Balaban J connectivity index is 2.03. The Kier molecular flexibility index (Phi) is 6.86. The van der Waals surface area contributed by atoms with E-state index in [1.165, 1.54) is 0 Å². The molecule has 0 saturated heterocycles. The molecule has 27 heavy (non-hydrogen) atoms. The van der Waals surface area contributed by atoms with Gasteiger partial charge in [-0.05, 0) is 43.9 Å². The van der Waals surface area contributed by atoms with Crippen molar-refractivity contribution in [1.29, 1.82) is 0 Å². The molecular weight excluding hydrogens is 370 g/mol. The number of sulfone groups is 1. The van der Waals surface area contributed by atoms with Crippen LogP contribution in [0.25, 0.3) is 0 Å². The van der Waals surface area contributed by atoms with E-state index in [2.05, 4.69) is 5.32 Å². The zero-order valence-electron chi connectivity index (χ0n) is 15.7. The van der Waals surface area contributed by atoms with Crippen molar-refractivity contribution in [2.75, 3.05) is 19.4 Å². The second-order valence-corrected chi connectivity index (χ2v) is 9.33. The number of hydrogen-bond donors (Lipinski definition) is 2. The molecule has 2 N–H and O–H groups in total. The number of aliphatic carboxylic acids is 1. The number of carboxylic acid groups (broad SMARTS) is 1. The Hall–Kier alpha value is -2.09. The lowest BCUT2D eigenvalue weighted by Gasteiger charge is -2.26. The second-order valence-electron chi connectivity index (χ2n) is 7.00. The van der Waals surface area contributed by atoms with E-state index >= 15 is 0 Å². The maximum absolute atomic E-state index is 12.6. The second kappa shape index (κ2) is 8.73. The van der Waals surface area contributed by atoms with Crippen LogP contribution in [0.4, 0.5) is 0 Å². The van der Waals surface area contributed by atoms with Gasteiger partial charge in [0.1, 0.15) is 10.5 Å². The Morgan fingerprint density at radius 1 is 1.22 bits per heavy atom. The standard InChI is InChI=1S/C19H27NO6S/c1-3-26-16-8-6-14(7-9-16)12-15(17(21)22)13-20-18(23)19(27(2,24)25)10-4-5-11-19/h6-9,15H,3-5,10-13H2,1-2H3,(H,20,23)(H,21,22). The first-order chi connectivity index (χ1) is 12.7. The largest absolute Gasteiger partial charge is 0.494 e. The fraction of sp³-hybridized carbons (Fsp3) is 0.579. The van der Waals surface area contributed by atoms with Crippen LogP contribution in [0.1, 0.15) is 38.2 Å². The van der Waals surface area contributed by atoms with Gasteiger partial charge in [0.15, 0.2) is 9.84 Å². The van der Waals surface area contributed by atoms with Crippen molar-refractivity contribution in [3.05, 3.63) is 29.8 Å². The molecule has 0 heterocycles. The van der Waals surface area contributed by atoms with Gasteiger partial charge in [0.25, 0.3) is 0 Å². The fourth-order valence-electron chi connectivity index (χ4n) is 3.51. The molecule has 1 unspecified atom stereocenters. The van der Waals surface area contributed by atoms with Crippen molar-refractivity contribution in [2.24, 2.45) is 5.92 Å². The van der Waals surface area contributed by atoms with Crippen LogP contribution in [-0.4, -0.2) is 49.6 Å². The van der Waals surface area contributed by atoms with Gasteiger partial charge in [0.05, 0.1) is 12.5 Å². The van der Waals surface area contributed by atoms with Crippen LogP contribution in [0.3, 0.4) is 0 Å².